The van der Waals surface area contributed by atoms with Gasteiger partial charge in [-0.25, -0.2) is 8.78 Å². The number of aryl methyl sites for hydroxylation is 2. The lowest BCUT2D eigenvalue weighted by Gasteiger charge is -2.01. The average molecular weight is 278 g/mol. The lowest BCUT2D eigenvalue weighted by molar-refractivity contribution is 0.0995. The number of halogens is 2. The highest BCUT2D eigenvalue weighted by Gasteiger charge is 2.19. The Bertz CT molecular complexity index is 624. The molecule has 1 aliphatic rings. The molecule has 98 valence electrons. The summed E-state index contributed by atoms with van der Waals surface area (Å²) in [6.07, 6.45) is 3.12. The largest absolute Gasteiger partial charge is 0.293 e. The van der Waals surface area contributed by atoms with Gasteiger partial charge in [0.25, 0.3) is 0 Å². The summed E-state index contributed by atoms with van der Waals surface area (Å²) in [6.45, 7) is 0. The third-order valence-electron chi connectivity index (χ3n) is 3.38. The van der Waals surface area contributed by atoms with Crippen LogP contribution in [0.2, 0.25) is 0 Å². The van der Waals surface area contributed by atoms with Crippen molar-refractivity contribution in [2.75, 3.05) is 0 Å². The standard InChI is InChI=1S/C15H12F2OS/c16-11-4-5-12(17)10(6-11)7-13(18)15-8-9-2-1-3-14(9)19-15/h4-6,8H,1-3,7H2. The molecule has 0 fully saturated rings. The maximum Gasteiger partial charge on any atom is 0.177 e. The number of Topliss-reactive ketones (excluding diaryl/α,β-unsaturated/α-hetero) is 1. The van der Waals surface area contributed by atoms with E-state index in [2.05, 4.69) is 0 Å². The molecule has 1 nitrogen and oxygen atoms in total. The molecule has 1 aromatic carbocycles. The van der Waals surface area contributed by atoms with E-state index in [0.717, 1.165) is 37.5 Å². The zero-order chi connectivity index (χ0) is 13.4. The second-order valence-corrected chi connectivity index (χ2v) is 5.89. The number of carbonyl (C=O) groups is 1. The Kier molecular flexibility index (Phi) is 3.19. The molecule has 0 N–H and O–H groups in total. The molecule has 0 saturated heterocycles. The minimum absolute atomic E-state index is 0.0804. The van der Waals surface area contributed by atoms with Crippen LogP contribution in [0.5, 0.6) is 0 Å². The van der Waals surface area contributed by atoms with Gasteiger partial charge in [0.15, 0.2) is 5.78 Å². The first kappa shape index (κ1) is 12.5. The Morgan fingerprint density at radius 3 is 2.84 bits per heavy atom. The zero-order valence-corrected chi connectivity index (χ0v) is 11.0. The van der Waals surface area contributed by atoms with Crippen LogP contribution in [0.25, 0.3) is 0 Å². The van der Waals surface area contributed by atoms with Crippen LogP contribution in [-0.2, 0) is 19.3 Å². The van der Waals surface area contributed by atoms with Gasteiger partial charge in [0.1, 0.15) is 11.6 Å². The molecule has 2 aromatic rings. The van der Waals surface area contributed by atoms with Gasteiger partial charge < -0.3 is 0 Å². The summed E-state index contributed by atoms with van der Waals surface area (Å²) < 4.78 is 26.5. The molecule has 3 rings (SSSR count). The summed E-state index contributed by atoms with van der Waals surface area (Å²) in [7, 11) is 0. The molecular formula is C15H12F2OS. The van der Waals surface area contributed by atoms with Crippen LogP contribution in [0, 0.1) is 11.6 Å². The summed E-state index contributed by atoms with van der Waals surface area (Å²) in [5.74, 6) is -1.18. The van der Waals surface area contributed by atoms with Crippen molar-refractivity contribution in [1.82, 2.24) is 0 Å². The number of thiophene rings is 1. The SMILES string of the molecule is O=C(Cc1cc(F)ccc1F)c1cc2c(s1)CCC2. The number of fused-ring (bicyclic) bond motifs is 1. The smallest absolute Gasteiger partial charge is 0.177 e. The van der Waals surface area contributed by atoms with Gasteiger partial charge in [-0.1, -0.05) is 0 Å². The third-order valence-corrected chi connectivity index (χ3v) is 4.66. The fourth-order valence-electron chi connectivity index (χ4n) is 2.41. The number of ketones is 1. The quantitative estimate of drug-likeness (QED) is 0.777. The van der Waals surface area contributed by atoms with Crippen LogP contribution in [0.1, 0.15) is 32.1 Å². The first-order chi connectivity index (χ1) is 9.13. The van der Waals surface area contributed by atoms with Crippen molar-refractivity contribution in [2.45, 2.75) is 25.7 Å². The van der Waals surface area contributed by atoms with Crippen molar-refractivity contribution < 1.29 is 13.6 Å². The van der Waals surface area contributed by atoms with E-state index in [1.807, 2.05) is 6.07 Å². The van der Waals surface area contributed by atoms with Crippen molar-refractivity contribution in [3.05, 3.63) is 56.8 Å². The van der Waals surface area contributed by atoms with E-state index >= 15 is 0 Å². The molecule has 0 radical (unpaired) electrons. The summed E-state index contributed by atoms with van der Waals surface area (Å²) in [5.41, 5.74) is 1.37. The molecule has 0 aliphatic heterocycles. The molecule has 0 unspecified atom stereocenters. The number of hydrogen-bond acceptors (Lipinski definition) is 2. The molecule has 1 aliphatic carbocycles. The van der Waals surface area contributed by atoms with Crippen molar-refractivity contribution in [1.29, 1.82) is 0 Å². The van der Waals surface area contributed by atoms with Crippen molar-refractivity contribution in [2.24, 2.45) is 0 Å². The first-order valence-corrected chi connectivity index (χ1v) is 7.04. The van der Waals surface area contributed by atoms with E-state index in [4.69, 9.17) is 0 Å². The normalized spacial score (nSPS) is 13.6. The van der Waals surface area contributed by atoms with E-state index < -0.39 is 11.6 Å². The van der Waals surface area contributed by atoms with Gasteiger partial charge in [-0.05, 0) is 54.7 Å². The highest BCUT2D eigenvalue weighted by atomic mass is 32.1. The van der Waals surface area contributed by atoms with Crippen LogP contribution in [0.3, 0.4) is 0 Å². The molecule has 0 bridgehead atoms. The van der Waals surface area contributed by atoms with E-state index in [0.29, 0.717) is 4.88 Å². The average Bonchev–Trinajstić information content (AvgIpc) is 2.94. The van der Waals surface area contributed by atoms with Gasteiger partial charge in [0.05, 0.1) is 4.88 Å². The molecule has 0 atom stereocenters. The molecular weight excluding hydrogens is 266 g/mol. The van der Waals surface area contributed by atoms with Crippen LogP contribution < -0.4 is 0 Å². The summed E-state index contributed by atoms with van der Waals surface area (Å²) in [4.78, 5) is 14.0. The van der Waals surface area contributed by atoms with Crippen LogP contribution in [0.4, 0.5) is 8.78 Å². The maximum atomic E-state index is 13.5. The fourth-order valence-corrected chi connectivity index (χ4v) is 3.60. The fraction of sp³-hybridized carbons (Fsp3) is 0.267. The van der Waals surface area contributed by atoms with Crippen LogP contribution >= 0.6 is 11.3 Å². The van der Waals surface area contributed by atoms with Crippen molar-refractivity contribution >= 4 is 17.1 Å². The molecule has 0 saturated carbocycles. The van der Waals surface area contributed by atoms with E-state index in [-0.39, 0.29) is 17.8 Å². The van der Waals surface area contributed by atoms with E-state index in [9.17, 15) is 13.6 Å². The molecule has 0 amide bonds. The van der Waals surface area contributed by atoms with Gasteiger partial charge in [-0.2, -0.15) is 0 Å². The highest BCUT2D eigenvalue weighted by molar-refractivity contribution is 7.14. The van der Waals surface area contributed by atoms with Gasteiger partial charge in [-0.15, -0.1) is 11.3 Å². The highest BCUT2D eigenvalue weighted by Crippen LogP contribution is 2.31. The van der Waals surface area contributed by atoms with Crippen molar-refractivity contribution in [3.8, 4) is 0 Å². The first-order valence-electron chi connectivity index (χ1n) is 6.22. The number of benzene rings is 1. The Balaban J connectivity index is 1.82. The number of rotatable bonds is 3. The van der Waals surface area contributed by atoms with Gasteiger partial charge in [-0.3, -0.25) is 4.79 Å². The summed E-state index contributed by atoms with van der Waals surface area (Å²) in [6, 6.07) is 5.12. The zero-order valence-electron chi connectivity index (χ0n) is 10.2. The van der Waals surface area contributed by atoms with Gasteiger partial charge in [0.2, 0.25) is 0 Å². The molecule has 19 heavy (non-hydrogen) atoms. The molecule has 4 heteroatoms. The topological polar surface area (TPSA) is 17.1 Å². The molecule has 1 heterocycles. The van der Waals surface area contributed by atoms with Crippen LogP contribution in [0.15, 0.2) is 24.3 Å². The summed E-state index contributed by atoms with van der Waals surface area (Å²) in [5, 5.41) is 0. The minimum atomic E-state index is -0.529. The molecule has 0 spiro atoms. The lowest BCUT2D eigenvalue weighted by Crippen LogP contribution is -2.04. The maximum absolute atomic E-state index is 13.5. The predicted octanol–water partition coefficient (Wildman–Crippen LogP) is 3.94. The Morgan fingerprint density at radius 1 is 1.21 bits per heavy atom. The van der Waals surface area contributed by atoms with E-state index in [1.54, 1.807) is 0 Å². The van der Waals surface area contributed by atoms with Gasteiger partial charge in [0, 0.05) is 11.3 Å². The minimum Gasteiger partial charge on any atom is -0.293 e. The Morgan fingerprint density at radius 2 is 2.05 bits per heavy atom. The van der Waals surface area contributed by atoms with Crippen molar-refractivity contribution in [3.63, 3.8) is 0 Å². The van der Waals surface area contributed by atoms with E-state index in [1.165, 1.54) is 21.8 Å². The Labute approximate surface area is 113 Å². The Hall–Kier alpha value is -1.55. The molecule has 1 aromatic heterocycles. The number of carbonyl (C=O) groups excluding carboxylic acids is 1. The monoisotopic (exact) mass is 278 g/mol. The lowest BCUT2D eigenvalue weighted by atomic mass is 10.1. The number of hydrogen-bond donors (Lipinski definition) is 0. The second kappa shape index (κ2) is 4.85. The second-order valence-electron chi connectivity index (χ2n) is 4.75. The summed E-state index contributed by atoms with van der Waals surface area (Å²) >= 11 is 1.49. The third kappa shape index (κ3) is 2.45. The van der Waals surface area contributed by atoms with Crippen LogP contribution in [-0.4, -0.2) is 5.78 Å². The van der Waals surface area contributed by atoms with Gasteiger partial charge >= 0.3 is 0 Å². The predicted molar refractivity (Wildman–Crippen MR) is 70.7 cm³/mol.